The highest BCUT2D eigenvalue weighted by atomic mass is 35.5. The molecule has 0 spiro atoms. The molecule has 0 amide bonds. The molecule has 0 saturated carbocycles. The van der Waals surface area contributed by atoms with Gasteiger partial charge in [-0.05, 0) is 24.6 Å². The molecule has 0 bridgehead atoms. The Bertz CT molecular complexity index is 457. The molecule has 19 heavy (non-hydrogen) atoms. The maximum absolute atomic E-state index is 6.03. The van der Waals surface area contributed by atoms with Crippen LogP contribution in [0.1, 0.15) is 20.3 Å². The molecule has 0 heterocycles. The Hall–Kier alpha value is 0.560. The van der Waals surface area contributed by atoms with Crippen molar-refractivity contribution in [2.45, 2.75) is 20.3 Å². The maximum atomic E-state index is 6.03. The highest BCUT2D eigenvalue weighted by Gasteiger charge is 2.16. The fourth-order valence-electron chi connectivity index (χ4n) is 1.21. The Morgan fingerprint density at radius 2 is 2.05 bits per heavy atom. The fraction of sp³-hybridized carbons (Fsp3) is 0.500. The van der Waals surface area contributed by atoms with Gasteiger partial charge in [-0.15, -0.1) is 0 Å². The molecule has 0 aliphatic carbocycles. The van der Waals surface area contributed by atoms with E-state index in [0.717, 1.165) is 12.6 Å². The van der Waals surface area contributed by atoms with Gasteiger partial charge in [0.05, 0.1) is 11.6 Å². The number of hydrogen-bond donors (Lipinski definition) is 0. The summed E-state index contributed by atoms with van der Waals surface area (Å²) < 4.78 is 11.4. The van der Waals surface area contributed by atoms with Gasteiger partial charge in [0.1, 0.15) is 17.2 Å². The third kappa shape index (κ3) is 6.24. The highest BCUT2D eigenvalue weighted by Crippen LogP contribution is 2.59. The van der Waals surface area contributed by atoms with E-state index >= 15 is 0 Å². The number of halogens is 2. The van der Waals surface area contributed by atoms with Crippen molar-refractivity contribution in [2.24, 2.45) is 0 Å². The second kappa shape index (κ2) is 8.76. The molecular weight excluding hydrogens is 342 g/mol. The van der Waals surface area contributed by atoms with Crippen LogP contribution < -0.4 is 4.74 Å². The summed E-state index contributed by atoms with van der Waals surface area (Å²) in [6.07, 6.45) is 1.83. The van der Waals surface area contributed by atoms with Crippen LogP contribution in [0.4, 0.5) is 0 Å². The van der Waals surface area contributed by atoms with E-state index < -0.39 is 5.47 Å². The lowest BCUT2D eigenvalue weighted by atomic mass is 10.3. The lowest BCUT2D eigenvalue weighted by Gasteiger charge is -2.20. The molecule has 0 saturated heterocycles. The minimum Gasteiger partial charge on any atom is -0.481 e. The molecule has 108 valence electrons. The van der Waals surface area contributed by atoms with Gasteiger partial charge in [0.25, 0.3) is 0 Å². The smallest absolute Gasteiger partial charge is 0.140 e. The third-order valence-corrected chi connectivity index (χ3v) is 9.36. The van der Waals surface area contributed by atoms with E-state index in [2.05, 4.69) is 13.8 Å². The van der Waals surface area contributed by atoms with Crippen LogP contribution in [0.3, 0.4) is 0 Å². The van der Waals surface area contributed by atoms with Crippen molar-refractivity contribution in [3.8, 4) is 5.75 Å². The van der Waals surface area contributed by atoms with Crippen LogP contribution in [0.25, 0.3) is 0 Å². The summed E-state index contributed by atoms with van der Waals surface area (Å²) in [6, 6.07) is 5.16. The molecule has 0 radical (unpaired) electrons. The number of benzene rings is 1. The number of ether oxygens (including phenoxy) is 1. The Balaban J connectivity index is 2.50. The van der Waals surface area contributed by atoms with Crippen LogP contribution in [-0.2, 0) is 16.3 Å². The van der Waals surface area contributed by atoms with Gasteiger partial charge in [-0.1, -0.05) is 60.2 Å². The van der Waals surface area contributed by atoms with Crippen molar-refractivity contribution < 1.29 is 9.26 Å². The average Bonchev–Trinajstić information content (AvgIpc) is 2.39. The van der Waals surface area contributed by atoms with Crippen molar-refractivity contribution >= 4 is 51.9 Å². The average molecular weight is 359 g/mol. The molecule has 0 fully saturated rings. The van der Waals surface area contributed by atoms with Gasteiger partial charge in [-0.3, -0.25) is 0 Å². The van der Waals surface area contributed by atoms with E-state index in [1.54, 1.807) is 29.6 Å². The van der Waals surface area contributed by atoms with E-state index in [4.69, 9.17) is 44.3 Å². The molecule has 0 aromatic heterocycles. The molecule has 1 atom stereocenters. The molecule has 1 rings (SSSR count). The molecular formula is C12H17Cl2O2PS2. The lowest BCUT2D eigenvalue weighted by Crippen LogP contribution is -1.97. The standard InChI is InChI=1S/C12H17Cl2O2PS2/c1-3-7-16-17(18,4-2)19-9-15-12-6-5-10(13)8-11(12)14/h5-6,8H,3-4,7,9H2,1-2H3. The lowest BCUT2D eigenvalue weighted by molar-refractivity contribution is 0.357. The molecule has 0 N–H and O–H groups in total. The zero-order chi connectivity index (χ0) is 14.3. The van der Waals surface area contributed by atoms with Crippen molar-refractivity contribution in [3.05, 3.63) is 28.2 Å². The molecule has 7 heteroatoms. The monoisotopic (exact) mass is 358 g/mol. The first-order chi connectivity index (χ1) is 9.00. The van der Waals surface area contributed by atoms with Gasteiger partial charge in [-0.2, -0.15) is 0 Å². The number of hydrogen-bond acceptors (Lipinski definition) is 4. The van der Waals surface area contributed by atoms with E-state index in [1.807, 2.05) is 0 Å². The highest BCUT2D eigenvalue weighted by molar-refractivity contribution is 8.69. The van der Waals surface area contributed by atoms with Crippen LogP contribution in [0.2, 0.25) is 10.0 Å². The molecule has 2 nitrogen and oxygen atoms in total. The second-order valence-electron chi connectivity index (χ2n) is 3.73. The summed E-state index contributed by atoms with van der Waals surface area (Å²) in [7, 11) is 0. The normalized spacial score (nSPS) is 14.1. The summed E-state index contributed by atoms with van der Waals surface area (Å²) in [5.41, 5.74) is -1.82. The minimum atomic E-state index is -1.82. The van der Waals surface area contributed by atoms with Gasteiger partial charge in [0, 0.05) is 11.2 Å². The zero-order valence-electron chi connectivity index (χ0n) is 10.9. The quantitative estimate of drug-likeness (QED) is 0.430. The van der Waals surface area contributed by atoms with E-state index in [-0.39, 0.29) is 0 Å². The minimum absolute atomic E-state index is 0.441. The van der Waals surface area contributed by atoms with Crippen molar-refractivity contribution in [1.29, 1.82) is 0 Å². The predicted octanol–water partition coefficient (Wildman–Crippen LogP) is 5.82. The van der Waals surface area contributed by atoms with Crippen LogP contribution >= 0.6 is 40.1 Å². The van der Waals surface area contributed by atoms with E-state index in [9.17, 15) is 0 Å². The van der Waals surface area contributed by atoms with Crippen LogP contribution in [0.15, 0.2) is 18.2 Å². The van der Waals surface area contributed by atoms with Gasteiger partial charge >= 0.3 is 0 Å². The van der Waals surface area contributed by atoms with Crippen LogP contribution in [-0.4, -0.2) is 18.7 Å². The Labute approximate surface area is 134 Å². The molecule has 0 aliphatic rings. The summed E-state index contributed by atoms with van der Waals surface area (Å²) >= 11 is 19.0. The molecule has 1 aromatic rings. The SMILES string of the molecule is CCCOP(=S)(CC)SCOc1ccc(Cl)cc1Cl. The first-order valence-electron chi connectivity index (χ1n) is 5.96. The summed E-state index contributed by atoms with van der Waals surface area (Å²) in [4.78, 5) is 0. The van der Waals surface area contributed by atoms with Crippen molar-refractivity contribution in [2.75, 3.05) is 18.7 Å². The molecule has 0 aliphatic heterocycles. The Kier molecular flexibility index (Phi) is 8.12. The van der Waals surface area contributed by atoms with Gasteiger partial charge < -0.3 is 9.26 Å². The van der Waals surface area contributed by atoms with Gasteiger partial charge in [-0.25, -0.2) is 0 Å². The van der Waals surface area contributed by atoms with Crippen LogP contribution in [0.5, 0.6) is 5.75 Å². The number of rotatable bonds is 8. The third-order valence-electron chi connectivity index (χ3n) is 2.24. The maximum Gasteiger partial charge on any atom is 0.140 e. The Morgan fingerprint density at radius 1 is 1.32 bits per heavy atom. The topological polar surface area (TPSA) is 18.5 Å². The predicted molar refractivity (Wildman–Crippen MR) is 90.6 cm³/mol. The van der Waals surface area contributed by atoms with Crippen molar-refractivity contribution in [3.63, 3.8) is 0 Å². The first kappa shape index (κ1) is 17.6. The van der Waals surface area contributed by atoms with E-state index in [0.29, 0.717) is 28.3 Å². The van der Waals surface area contributed by atoms with Crippen molar-refractivity contribution in [1.82, 2.24) is 0 Å². The second-order valence-corrected chi connectivity index (χ2v) is 12.2. The Morgan fingerprint density at radius 3 is 2.63 bits per heavy atom. The van der Waals surface area contributed by atoms with Gasteiger partial charge in [0.2, 0.25) is 0 Å². The summed E-state index contributed by atoms with van der Waals surface area (Å²) in [6.45, 7) is 4.84. The first-order valence-corrected chi connectivity index (χ1v) is 11.2. The zero-order valence-corrected chi connectivity index (χ0v) is 14.9. The largest absolute Gasteiger partial charge is 0.481 e. The molecule has 1 aromatic carbocycles. The summed E-state index contributed by atoms with van der Waals surface area (Å²) in [5, 5.41) is 1.10. The fourth-order valence-corrected chi connectivity index (χ4v) is 5.16. The van der Waals surface area contributed by atoms with Crippen LogP contribution in [0, 0.1) is 0 Å². The molecule has 1 unspecified atom stereocenters. The summed E-state index contributed by atoms with van der Waals surface area (Å²) in [5.74, 6) is 1.06. The van der Waals surface area contributed by atoms with Gasteiger partial charge in [0.15, 0.2) is 0 Å². The van der Waals surface area contributed by atoms with E-state index in [1.165, 1.54) is 0 Å².